The maximum Gasteiger partial charge on any atom is 0.272 e. The molecule has 0 aliphatic carbocycles. The van der Waals surface area contributed by atoms with Crippen molar-refractivity contribution >= 4 is 17.3 Å². The number of nitrogens with one attached hydrogen (secondary N) is 1. The van der Waals surface area contributed by atoms with Crippen molar-refractivity contribution in [3.63, 3.8) is 0 Å². The maximum absolute atomic E-state index is 12.1. The summed E-state index contributed by atoms with van der Waals surface area (Å²) in [5, 5.41) is 17.6. The molecule has 0 unspecified atom stereocenters. The lowest BCUT2D eigenvalue weighted by atomic mass is 10.1. The van der Waals surface area contributed by atoms with Crippen LogP contribution in [0, 0.1) is 24.0 Å². The number of rotatable bonds is 3. The Hall–Kier alpha value is -2.70. The summed E-state index contributed by atoms with van der Waals surface area (Å²) in [6.45, 7) is 3.39. The van der Waals surface area contributed by atoms with Crippen molar-refractivity contribution in [2.75, 3.05) is 5.32 Å². The number of benzene rings is 1. The number of aryl methyl sites for hydroxylation is 3. The average molecular weight is 274 g/mol. The molecule has 1 aromatic carbocycles. The van der Waals surface area contributed by atoms with E-state index in [0.29, 0.717) is 22.5 Å². The predicted molar refractivity (Wildman–Crippen MR) is 73.7 cm³/mol. The lowest BCUT2D eigenvalue weighted by molar-refractivity contribution is -0.385. The molecule has 0 fully saturated rings. The second-order valence-corrected chi connectivity index (χ2v) is 4.51. The normalized spacial score (nSPS) is 10.3. The number of hydrogen-bond donors (Lipinski definition) is 1. The molecule has 7 nitrogen and oxygen atoms in total. The Kier molecular flexibility index (Phi) is 3.51. The van der Waals surface area contributed by atoms with Gasteiger partial charge in [-0.25, -0.2) is 0 Å². The molecule has 0 atom stereocenters. The Morgan fingerprint density at radius 3 is 2.60 bits per heavy atom. The third kappa shape index (κ3) is 2.66. The Labute approximate surface area is 115 Å². The van der Waals surface area contributed by atoms with Crippen molar-refractivity contribution in [2.45, 2.75) is 13.8 Å². The highest BCUT2D eigenvalue weighted by molar-refractivity contribution is 6.04. The van der Waals surface area contributed by atoms with Gasteiger partial charge in [0.2, 0.25) is 0 Å². The highest BCUT2D eigenvalue weighted by Crippen LogP contribution is 2.20. The topological polar surface area (TPSA) is 90.1 Å². The predicted octanol–water partition coefficient (Wildman–Crippen LogP) is 2.20. The first-order valence-corrected chi connectivity index (χ1v) is 5.95. The van der Waals surface area contributed by atoms with E-state index in [-0.39, 0.29) is 11.6 Å². The minimum atomic E-state index is -0.470. The van der Waals surface area contributed by atoms with Crippen LogP contribution in [-0.2, 0) is 7.05 Å². The molecule has 7 heteroatoms. The standard InChI is InChI=1S/C13H14N4O3/c1-8-6-10(4-5-12(8)17(19)20)13(18)14-11-7-16(3)15-9(11)2/h4-7H,1-3H3,(H,14,18). The number of hydrogen-bond acceptors (Lipinski definition) is 4. The first kappa shape index (κ1) is 13.7. The van der Waals surface area contributed by atoms with Crippen molar-refractivity contribution in [1.82, 2.24) is 9.78 Å². The van der Waals surface area contributed by atoms with E-state index in [4.69, 9.17) is 0 Å². The number of amides is 1. The van der Waals surface area contributed by atoms with Crippen LogP contribution in [0.1, 0.15) is 21.6 Å². The lowest BCUT2D eigenvalue weighted by Gasteiger charge is -2.05. The van der Waals surface area contributed by atoms with Gasteiger partial charge in [-0.3, -0.25) is 19.6 Å². The quantitative estimate of drug-likeness (QED) is 0.686. The number of anilines is 1. The first-order valence-electron chi connectivity index (χ1n) is 5.95. The fourth-order valence-electron chi connectivity index (χ4n) is 1.92. The largest absolute Gasteiger partial charge is 0.319 e. The Morgan fingerprint density at radius 1 is 1.40 bits per heavy atom. The number of nitrogens with zero attached hydrogens (tertiary/aromatic N) is 3. The van der Waals surface area contributed by atoms with Gasteiger partial charge < -0.3 is 5.32 Å². The molecule has 0 saturated carbocycles. The molecule has 104 valence electrons. The lowest BCUT2D eigenvalue weighted by Crippen LogP contribution is -2.12. The van der Waals surface area contributed by atoms with E-state index in [1.807, 2.05) is 0 Å². The number of aromatic nitrogens is 2. The molecule has 0 saturated heterocycles. The summed E-state index contributed by atoms with van der Waals surface area (Å²) >= 11 is 0. The summed E-state index contributed by atoms with van der Waals surface area (Å²) in [7, 11) is 1.76. The molecule has 2 aromatic rings. The zero-order valence-electron chi connectivity index (χ0n) is 11.4. The number of nitro groups is 1. The molecule has 1 aromatic heterocycles. The monoisotopic (exact) mass is 274 g/mol. The number of carbonyl (C=O) groups excluding carboxylic acids is 1. The van der Waals surface area contributed by atoms with Crippen molar-refractivity contribution < 1.29 is 9.72 Å². The van der Waals surface area contributed by atoms with Gasteiger partial charge >= 0.3 is 0 Å². The van der Waals surface area contributed by atoms with E-state index in [1.54, 1.807) is 31.8 Å². The molecule has 2 rings (SSSR count). The molecule has 0 aliphatic heterocycles. The molecule has 0 bridgehead atoms. The van der Waals surface area contributed by atoms with Gasteiger partial charge in [0, 0.05) is 30.4 Å². The molecule has 0 aliphatic rings. The van der Waals surface area contributed by atoms with Crippen LogP contribution in [0.4, 0.5) is 11.4 Å². The smallest absolute Gasteiger partial charge is 0.272 e. The zero-order chi connectivity index (χ0) is 14.9. The summed E-state index contributed by atoms with van der Waals surface area (Å²) in [6.07, 6.45) is 1.70. The van der Waals surface area contributed by atoms with Crippen LogP contribution in [0.3, 0.4) is 0 Å². The van der Waals surface area contributed by atoms with Crippen LogP contribution in [0.2, 0.25) is 0 Å². The zero-order valence-corrected chi connectivity index (χ0v) is 11.4. The highest BCUT2D eigenvalue weighted by Gasteiger charge is 2.15. The third-order valence-electron chi connectivity index (χ3n) is 2.92. The number of nitro benzene ring substituents is 1. The molecular formula is C13H14N4O3. The van der Waals surface area contributed by atoms with Crippen LogP contribution in [0.15, 0.2) is 24.4 Å². The molecule has 20 heavy (non-hydrogen) atoms. The van der Waals surface area contributed by atoms with Crippen LogP contribution in [0.5, 0.6) is 0 Å². The van der Waals surface area contributed by atoms with Crippen molar-refractivity contribution in [3.05, 3.63) is 51.3 Å². The van der Waals surface area contributed by atoms with Crippen LogP contribution >= 0.6 is 0 Å². The second kappa shape index (κ2) is 5.12. The first-order chi connectivity index (χ1) is 9.38. The van der Waals surface area contributed by atoms with Crippen molar-refractivity contribution in [2.24, 2.45) is 7.05 Å². The van der Waals surface area contributed by atoms with E-state index in [0.717, 1.165) is 0 Å². The van der Waals surface area contributed by atoms with Crippen molar-refractivity contribution in [1.29, 1.82) is 0 Å². The van der Waals surface area contributed by atoms with Gasteiger partial charge in [0.05, 0.1) is 16.3 Å². The van der Waals surface area contributed by atoms with Gasteiger partial charge in [-0.15, -0.1) is 0 Å². The SMILES string of the molecule is Cc1cc(C(=O)Nc2cn(C)nc2C)ccc1[N+](=O)[O-]. The minimum Gasteiger partial charge on any atom is -0.319 e. The fraction of sp³-hybridized carbons (Fsp3) is 0.231. The van der Waals surface area contributed by atoms with Crippen LogP contribution in [-0.4, -0.2) is 20.6 Å². The van der Waals surface area contributed by atoms with E-state index in [2.05, 4.69) is 10.4 Å². The van der Waals surface area contributed by atoms with E-state index < -0.39 is 4.92 Å². The molecule has 1 N–H and O–H groups in total. The Balaban J connectivity index is 2.24. The third-order valence-corrected chi connectivity index (χ3v) is 2.92. The molecule has 1 heterocycles. The summed E-state index contributed by atoms with van der Waals surface area (Å²) in [5.41, 5.74) is 2.15. The molecular weight excluding hydrogens is 260 g/mol. The fourth-order valence-corrected chi connectivity index (χ4v) is 1.92. The van der Waals surface area contributed by atoms with Gasteiger partial charge in [0.25, 0.3) is 11.6 Å². The summed E-state index contributed by atoms with van der Waals surface area (Å²) in [6, 6.07) is 4.27. The summed E-state index contributed by atoms with van der Waals surface area (Å²) in [5.74, 6) is -0.320. The summed E-state index contributed by atoms with van der Waals surface area (Å²) in [4.78, 5) is 22.4. The van der Waals surface area contributed by atoms with Crippen LogP contribution < -0.4 is 5.32 Å². The molecule has 0 spiro atoms. The minimum absolute atomic E-state index is 0.000826. The van der Waals surface area contributed by atoms with Gasteiger partial charge in [-0.2, -0.15) is 5.10 Å². The maximum atomic E-state index is 12.1. The van der Waals surface area contributed by atoms with Gasteiger partial charge in [-0.05, 0) is 26.0 Å². The summed E-state index contributed by atoms with van der Waals surface area (Å²) < 4.78 is 1.60. The number of carbonyl (C=O) groups is 1. The Morgan fingerprint density at radius 2 is 2.10 bits per heavy atom. The van der Waals surface area contributed by atoms with E-state index in [9.17, 15) is 14.9 Å². The highest BCUT2D eigenvalue weighted by atomic mass is 16.6. The Bertz CT molecular complexity index is 691. The van der Waals surface area contributed by atoms with E-state index in [1.165, 1.54) is 18.2 Å². The second-order valence-electron chi connectivity index (χ2n) is 4.51. The van der Waals surface area contributed by atoms with E-state index >= 15 is 0 Å². The van der Waals surface area contributed by atoms with Crippen molar-refractivity contribution in [3.8, 4) is 0 Å². The van der Waals surface area contributed by atoms with Gasteiger partial charge in [-0.1, -0.05) is 0 Å². The molecule has 0 radical (unpaired) electrons. The average Bonchev–Trinajstić information content (AvgIpc) is 2.67. The van der Waals surface area contributed by atoms with Gasteiger partial charge in [0.1, 0.15) is 0 Å². The van der Waals surface area contributed by atoms with Crippen LogP contribution in [0.25, 0.3) is 0 Å². The molecule has 1 amide bonds. The van der Waals surface area contributed by atoms with Gasteiger partial charge in [0.15, 0.2) is 0 Å².